The maximum Gasteiger partial charge on any atom is 0.472 e. The Balaban J connectivity index is 3.56. The van der Waals surface area contributed by atoms with E-state index in [-0.39, 0.29) is 32.1 Å². The van der Waals surface area contributed by atoms with Crippen LogP contribution < -0.4 is 5.32 Å². The average Bonchev–Trinajstić information content (AvgIpc) is 3.10. The first-order valence-electron chi connectivity index (χ1n) is 20.0. The van der Waals surface area contributed by atoms with Crippen LogP contribution in [0.1, 0.15) is 174 Å². The molecule has 9 nitrogen and oxygen atoms in total. The number of rotatable bonds is 37. The van der Waals surface area contributed by atoms with E-state index in [9.17, 15) is 24.2 Å². The molecule has 0 aromatic heterocycles. The first kappa shape index (κ1) is 48.2. The Morgan fingerprint density at radius 1 is 0.620 bits per heavy atom. The van der Waals surface area contributed by atoms with Crippen LogP contribution in [0.2, 0.25) is 0 Å². The normalized spacial score (nSPS) is 13.8. The number of nitrogens with one attached hydrogen (secondary N) is 1. The lowest BCUT2D eigenvalue weighted by Gasteiger charge is -2.15. The van der Waals surface area contributed by atoms with E-state index in [4.69, 9.17) is 13.8 Å². The van der Waals surface area contributed by atoms with E-state index in [1.165, 1.54) is 89.9 Å². The number of unbranched alkanes of at least 4 members (excludes halogenated alkanes) is 18. The Kier molecular flexibility index (Phi) is 35.7. The summed E-state index contributed by atoms with van der Waals surface area (Å²) in [5.74, 6) is -0.529. The summed E-state index contributed by atoms with van der Waals surface area (Å²) in [6.45, 7) is 3.44. The Hall–Kier alpha value is -1.77. The van der Waals surface area contributed by atoms with Gasteiger partial charge in [0.1, 0.15) is 12.7 Å². The van der Waals surface area contributed by atoms with Crippen LogP contribution in [0.5, 0.6) is 0 Å². The van der Waals surface area contributed by atoms with E-state index in [1.54, 1.807) is 0 Å². The molecule has 0 fully saturated rings. The molecule has 1 amide bonds. The van der Waals surface area contributed by atoms with Crippen molar-refractivity contribution in [1.29, 1.82) is 0 Å². The number of allylic oxidation sites excluding steroid dienone is 6. The first-order valence-corrected chi connectivity index (χ1v) is 21.5. The largest absolute Gasteiger partial charge is 0.472 e. The van der Waals surface area contributed by atoms with Gasteiger partial charge in [0.05, 0.1) is 13.2 Å². The van der Waals surface area contributed by atoms with Crippen molar-refractivity contribution in [1.82, 2.24) is 5.32 Å². The number of aliphatic hydroxyl groups excluding tert-OH is 1. The van der Waals surface area contributed by atoms with E-state index in [0.29, 0.717) is 6.42 Å². The quantitative estimate of drug-likeness (QED) is 0.0249. The number of carbonyl (C=O) groups is 2. The van der Waals surface area contributed by atoms with Gasteiger partial charge < -0.3 is 20.1 Å². The molecular formula is C40H74NO8P. The fourth-order valence-electron chi connectivity index (χ4n) is 5.27. The number of amides is 1. The molecule has 0 aromatic carbocycles. The molecule has 0 saturated heterocycles. The third-order valence-electron chi connectivity index (χ3n) is 8.32. The third kappa shape index (κ3) is 37.5. The monoisotopic (exact) mass is 728 g/mol. The second-order valence-electron chi connectivity index (χ2n) is 13.3. The molecule has 0 heterocycles. The molecule has 0 rings (SSSR count). The Morgan fingerprint density at radius 2 is 1.08 bits per heavy atom. The lowest BCUT2D eigenvalue weighted by molar-refractivity contribution is -0.147. The van der Waals surface area contributed by atoms with Crippen molar-refractivity contribution in [3.8, 4) is 0 Å². The molecule has 0 aliphatic carbocycles. The van der Waals surface area contributed by atoms with Crippen molar-refractivity contribution in [3.63, 3.8) is 0 Å². The fraction of sp³-hybridized carbons (Fsp3) is 0.800. The van der Waals surface area contributed by atoms with Gasteiger partial charge in [0.2, 0.25) is 5.91 Å². The van der Waals surface area contributed by atoms with Gasteiger partial charge in [-0.2, -0.15) is 0 Å². The Bertz CT molecular complexity index is 923. The van der Waals surface area contributed by atoms with Crippen molar-refractivity contribution in [2.45, 2.75) is 180 Å². The lowest BCUT2D eigenvalue weighted by Crippen LogP contribution is -2.27. The number of carbonyl (C=O) groups excluding carboxylic acids is 2. The van der Waals surface area contributed by atoms with Gasteiger partial charge in [-0.25, -0.2) is 4.57 Å². The molecule has 0 aromatic rings. The Labute approximate surface area is 305 Å². The average molecular weight is 728 g/mol. The standard InChI is InChI=1S/C40H74NO8P/c1-3-5-7-9-11-12-13-14-15-16-17-18-19-20-21-22-23-24-25-26-27-28-30-32-39(43)41-34-35-48-50(45,46)49-37-38(42)36-47-40(44)33-31-29-10-8-6-4-2/h11-12,14-15,17-18,38,42H,3-10,13,16,19-37H2,1-2H3,(H,41,43)(H,45,46)/b12-11-,15-14-,18-17-. The number of phosphoric ester groups is 1. The highest BCUT2D eigenvalue weighted by Gasteiger charge is 2.23. The highest BCUT2D eigenvalue weighted by molar-refractivity contribution is 7.47. The van der Waals surface area contributed by atoms with Crippen molar-refractivity contribution < 1.29 is 37.9 Å². The van der Waals surface area contributed by atoms with E-state index in [1.807, 2.05) is 0 Å². The van der Waals surface area contributed by atoms with E-state index >= 15 is 0 Å². The minimum atomic E-state index is -4.40. The van der Waals surface area contributed by atoms with Crippen LogP contribution in [0.4, 0.5) is 0 Å². The topological polar surface area (TPSA) is 131 Å². The molecule has 292 valence electrons. The molecule has 50 heavy (non-hydrogen) atoms. The predicted molar refractivity (Wildman–Crippen MR) is 206 cm³/mol. The number of ether oxygens (including phenoxy) is 1. The van der Waals surface area contributed by atoms with Gasteiger partial charge in [-0.15, -0.1) is 0 Å². The zero-order chi connectivity index (χ0) is 36.8. The van der Waals surface area contributed by atoms with Crippen molar-refractivity contribution in [2.24, 2.45) is 0 Å². The molecule has 0 spiro atoms. The second-order valence-corrected chi connectivity index (χ2v) is 14.7. The molecule has 0 aliphatic heterocycles. The summed E-state index contributed by atoms with van der Waals surface area (Å²) in [6.07, 6.45) is 39.7. The minimum absolute atomic E-state index is 0.0797. The smallest absolute Gasteiger partial charge is 0.463 e. The summed E-state index contributed by atoms with van der Waals surface area (Å²) in [5, 5.41) is 12.6. The molecular weight excluding hydrogens is 653 g/mol. The molecule has 0 bridgehead atoms. The summed E-state index contributed by atoms with van der Waals surface area (Å²) in [4.78, 5) is 33.6. The minimum Gasteiger partial charge on any atom is -0.463 e. The van der Waals surface area contributed by atoms with Crippen molar-refractivity contribution >= 4 is 19.7 Å². The number of hydrogen-bond donors (Lipinski definition) is 3. The van der Waals surface area contributed by atoms with Gasteiger partial charge in [-0.05, 0) is 51.4 Å². The van der Waals surface area contributed by atoms with Gasteiger partial charge in [0, 0.05) is 19.4 Å². The zero-order valence-corrected chi connectivity index (χ0v) is 32.7. The van der Waals surface area contributed by atoms with Crippen LogP contribution in [0.15, 0.2) is 36.5 Å². The maximum absolute atomic E-state index is 12.0. The summed E-state index contributed by atoms with van der Waals surface area (Å²) < 4.78 is 26.6. The van der Waals surface area contributed by atoms with Crippen molar-refractivity contribution in [3.05, 3.63) is 36.5 Å². The maximum atomic E-state index is 12.0. The second kappa shape index (κ2) is 37.0. The van der Waals surface area contributed by atoms with Crippen LogP contribution in [0.3, 0.4) is 0 Å². The highest BCUT2D eigenvalue weighted by Crippen LogP contribution is 2.42. The van der Waals surface area contributed by atoms with Gasteiger partial charge in [-0.1, -0.05) is 147 Å². The van der Waals surface area contributed by atoms with Gasteiger partial charge in [-0.3, -0.25) is 18.6 Å². The van der Waals surface area contributed by atoms with E-state index in [0.717, 1.165) is 57.8 Å². The molecule has 0 saturated carbocycles. The fourth-order valence-corrected chi connectivity index (χ4v) is 6.03. The van der Waals surface area contributed by atoms with Crippen LogP contribution in [0.25, 0.3) is 0 Å². The summed E-state index contributed by atoms with van der Waals surface area (Å²) in [7, 11) is -4.40. The SMILES string of the molecule is CCCCC/C=C\C/C=C\C/C=C\CCCCCCCCCCCCC(=O)NCCOP(=O)(O)OCC(O)COC(=O)CCCCCCCC. The van der Waals surface area contributed by atoms with Gasteiger partial charge in [0.15, 0.2) is 0 Å². The molecule has 2 atom stereocenters. The molecule has 3 N–H and O–H groups in total. The Morgan fingerprint density at radius 3 is 1.66 bits per heavy atom. The van der Waals surface area contributed by atoms with E-state index in [2.05, 4.69) is 55.6 Å². The van der Waals surface area contributed by atoms with Crippen LogP contribution in [-0.4, -0.2) is 54.3 Å². The molecule has 0 aliphatic rings. The summed E-state index contributed by atoms with van der Waals surface area (Å²) >= 11 is 0. The molecule has 10 heteroatoms. The number of esters is 1. The van der Waals surface area contributed by atoms with E-state index < -0.39 is 26.5 Å². The zero-order valence-electron chi connectivity index (χ0n) is 31.8. The number of phosphoric acid groups is 1. The highest BCUT2D eigenvalue weighted by atomic mass is 31.2. The first-order chi connectivity index (χ1) is 24.3. The van der Waals surface area contributed by atoms with Gasteiger partial charge in [0.25, 0.3) is 0 Å². The summed E-state index contributed by atoms with van der Waals surface area (Å²) in [5.41, 5.74) is 0. The molecule has 2 unspecified atom stereocenters. The molecule has 0 radical (unpaired) electrons. The van der Waals surface area contributed by atoms with Crippen LogP contribution in [0, 0.1) is 0 Å². The van der Waals surface area contributed by atoms with Crippen LogP contribution in [-0.2, 0) is 27.9 Å². The third-order valence-corrected chi connectivity index (χ3v) is 9.31. The van der Waals surface area contributed by atoms with Crippen LogP contribution >= 0.6 is 7.82 Å². The predicted octanol–water partition coefficient (Wildman–Crippen LogP) is 10.6. The van der Waals surface area contributed by atoms with Gasteiger partial charge >= 0.3 is 13.8 Å². The van der Waals surface area contributed by atoms with Crippen molar-refractivity contribution in [2.75, 3.05) is 26.4 Å². The lowest BCUT2D eigenvalue weighted by atomic mass is 10.0. The number of aliphatic hydroxyl groups is 1. The summed E-state index contributed by atoms with van der Waals surface area (Å²) in [6, 6.07) is 0. The number of hydrogen-bond acceptors (Lipinski definition) is 7.